The van der Waals surface area contributed by atoms with Crippen LogP contribution in [0.5, 0.6) is 0 Å². The average Bonchev–Trinajstić information content (AvgIpc) is 2.93. The Morgan fingerprint density at radius 2 is 2.10 bits per heavy atom. The summed E-state index contributed by atoms with van der Waals surface area (Å²) in [6.45, 7) is 0.384. The smallest absolute Gasteiger partial charge is 0.262 e. The monoisotopic (exact) mass is 281 g/mol. The molecule has 0 aliphatic carbocycles. The van der Waals surface area contributed by atoms with Crippen molar-refractivity contribution in [3.8, 4) is 16.5 Å². The van der Waals surface area contributed by atoms with Gasteiger partial charge in [-0.1, -0.05) is 30.3 Å². The van der Waals surface area contributed by atoms with Gasteiger partial charge in [0.1, 0.15) is 4.83 Å². The van der Waals surface area contributed by atoms with Gasteiger partial charge in [-0.3, -0.25) is 9.36 Å². The van der Waals surface area contributed by atoms with Gasteiger partial charge in [-0.25, -0.2) is 4.98 Å². The molecule has 1 aromatic carbocycles. The number of fused-ring (bicyclic) bond motifs is 1. The van der Waals surface area contributed by atoms with Crippen LogP contribution in [-0.2, 0) is 6.54 Å². The van der Waals surface area contributed by atoms with Gasteiger partial charge in [-0.05, 0) is 11.6 Å². The highest BCUT2D eigenvalue weighted by Crippen LogP contribution is 2.30. The van der Waals surface area contributed by atoms with E-state index in [1.807, 2.05) is 42.5 Å². The lowest BCUT2D eigenvalue weighted by Crippen LogP contribution is -2.19. The standard InChI is InChI=1S/C15H11N3OS/c16-7-4-8-18-10-17-14-12(15(18)19)9-13(20-14)11-5-2-1-3-6-11/h1-3,5-6,9-10H,4,8H2. The number of aryl methyl sites for hydroxylation is 1. The first-order valence-electron chi connectivity index (χ1n) is 6.21. The SMILES string of the molecule is N#CCCn1cnc2sc(-c3ccccc3)cc2c1=O. The Labute approximate surface area is 119 Å². The molecule has 0 amide bonds. The zero-order valence-corrected chi connectivity index (χ0v) is 11.4. The molecule has 0 saturated carbocycles. The molecular weight excluding hydrogens is 270 g/mol. The largest absolute Gasteiger partial charge is 0.298 e. The lowest BCUT2D eigenvalue weighted by atomic mass is 10.2. The molecule has 0 aliphatic rings. The summed E-state index contributed by atoms with van der Waals surface area (Å²) in [6, 6.07) is 13.8. The summed E-state index contributed by atoms with van der Waals surface area (Å²) in [6.07, 6.45) is 1.83. The zero-order valence-electron chi connectivity index (χ0n) is 10.6. The number of aromatic nitrogens is 2. The minimum atomic E-state index is -0.0799. The molecule has 0 fully saturated rings. The number of nitrogens with zero attached hydrogens (tertiary/aromatic N) is 3. The maximum atomic E-state index is 12.3. The predicted octanol–water partition coefficient (Wildman–Crippen LogP) is 3.04. The first-order chi connectivity index (χ1) is 9.79. The van der Waals surface area contributed by atoms with E-state index in [4.69, 9.17) is 5.26 Å². The van der Waals surface area contributed by atoms with Crippen molar-refractivity contribution in [2.45, 2.75) is 13.0 Å². The molecule has 0 saturated heterocycles. The zero-order chi connectivity index (χ0) is 13.9. The summed E-state index contributed by atoms with van der Waals surface area (Å²) in [7, 11) is 0. The van der Waals surface area contributed by atoms with Gasteiger partial charge in [0.2, 0.25) is 0 Å². The van der Waals surface area contributed by atoms with Crippen LogP contribution in [0.25, 0.3) is 20.7 Å². The van der Waals surface area contributed by atoms with E-state index < -0.39 is 0 Å². The minimum Gasteiger partial charge on any atom is -0.298 e. The Kier molecular flexibility index (Phi) is 3.32. The van der Waals surface area contributed by atoms with E-state index in [0.717, 1.165) is 15.3 Å². The first-order valence-corrected chi connectivity index (χ1v) is 7.02. The molecule has 4 nitrogen and oxygen atoms in total. The van der Waals surface area contributed by atoms with Crippen LogP contribution < -0.4 is 5.56 Å². The summed E-state index contributed by atoms with van der Waals surface area (Å²) in [5, 5.41) is 9.22. The van der Waals surface area contributed by atoms with Gasteiger partial charge in [0, 0.05) is 11.4 Å². The van der Waals surface area contributed by atoms with E-state index in [1.54, 1.807) is 0 Å². The highest BCUT2D eigenvalue weighted by molar-refractivity contribution is 7.21. The molecule has 0 radical (unpaired) electrons. The van der Waals surface area contributed by atoms with Crippen LogP contribution in [0, 0.1) is 11.3 Å². The second-order valence-corrected chi connectivity index (χ2v) is 5.38. The van der Waals surface area contributed by atoms with Gasteiger partial charge in [-0.2, -0.15) is 5.26 Å². The lowest BCUT2D eigenvalue weighted by molar-refractivity contribution is 0.679. The molecule has 0 spiro atoms. The molecule has 98 valence electrons. The second-order valence-electron chi connectivity index (χ2n) is 4.35. The van der Waals surface area contributed by atoms with Crippen LogP contribution in [0.2, 0.25) is 0 Å². The Hall–Kier alpha value is -2.45. The number of thiophene rings is 1. The lowest BCUT2D eigenvalue weighted by Gasteiger charge is -2.00. The van der Waals surface area contributed by atoms with Crippen LogP contribution in [0.3, 0.4) is 0 Å². The second kappa shape index (κ2) is 5.27. The molecule has 2 heterocycles. The minimum absolute atomic E-state index is 0.0799. The molecule has 2 aromatic heterocycles. The van der Waals surface area contributed by atoms with Crippen LogP contribution in [-0.4, -0.2) is 9.55 Å². The molecular formula is C15H11N3OS. The molecule has 0 atom stereocenters. The number of hydrogen-bond acceptors (Lipinski definition) is 4. The molecule has 0 unspecified atom stereocenters. The third-order valence-corrected chi connectivity index (χ3v) is 4.13. The molecule has 0 bridgehead atoms. The van der Waals surface area contributed by atoms with Gasteiger partial charge >= 0.3 is 0 Å². The van der Waals surface area contributed by atoms with Crippen molar-refractivity contribution in [2.75, 3.05) is 0 Å². The summed E-state index contributed by atoms with van der Waals surface area (Å²) in [4.78, 5) is 18.4. The fourth-order valence-corrected chi connectivity index (χ4v) is 3.03. The van der Waals surface area contributed by atoms with E-state index in [1.165, 1.54) is 22.2 Å². The van der Waals surface area contributed by atoms with Crippen LogP contribution in [0.4, 0.5) is 0 Å². The van der Waals surface area contributed by atoms with Gasteiger partial charge in [-0.15, -0.1) is 11.3 Å². The Balaban J connectivity index is 2.10. The van der Waals surface area contributed by atoms with E-state index in [0.29, 0.717) is 18.4 Å². The van der Waals surface area contributed by atoms with Gasteiger partial charge in [0.05, 0.1) is 24.2 Å². The van der Waals surface area contributed by atoms with Crippen molar-refractivity contribution in [2.24, 2.45) is 0 Å². The van der Waals surface area contributed by atoms with Crippen LogP contribution >= 0.6 is 11.3 Å². The van der Waals surface area contributed by atoms with Crippen molar-refractivity contribution >= 4 is 21.6 Å². The van der Waals surface area contributed by atoms with Gasteiger partial charge in [0.25, 0.3) is 5.56 Å². The van der Waals surface area contributed by atoms with E-state index in [-0.39, 0.29) is 5.56 Å². The summed E-state index contributed by atoms with van der Waals surface area (Å²) in [5.41, 5.74) is 1.00. The highest BCUT2D eigenvalue weighted by Gasteiger charge is 2.09. The Morgan fingerprint density at radius 3 is 2.85 bits per heavy atom. The fraction of sp³-hybridized carbons (Fsp3) is 0.133. The van der Waals surface area contributed by atoms with E-state index in [2.05, 4.69) is 4.98 Å². The molecule has 3 rings (SSSR count). The maximum Gasteiger partial charge on any atom is 0.262 e. The van der Waals surface area contributed by atoms with Crippen molar-refractivity contribution in [1.29, 1.82) is 5.26 Å². The Bertz CT molecular complexity index is 843. The molecule has 3 aromatic rings. The Morgan fingerprint density at radius 1 is 1.30 bits per heavy atom. The maximum absolute atomic E-state index is 12.3. The number of benzene rings is 1. The fourth-order valence-electron chi connectivity index (χ4n) is 2.03. The predicted molar refractivity (Wildman–Crippen MR) is 79.5 cm³/mol. The van der Waals surface area contributed by atoms with Gasteiger partial charge < -0.3 is 0 Å². The highest BCUT2D eigenvalue weighted by atomic mass is 32.1. The topological polar surface area (TPSA) is 58.7 Å². The van der Waals surface area contributed by atoms with E-state index in [9.17, 15) is 4.79 Å². The third-order valence-electron chi connectivity index (χ3n) is 3.04. The third kappa shape index (κ3) is 2.22. The molecule has 20 heavy (non-hydrogen) atoms. The number of hydrogen-bond donors (Lipinski definition) is 0. The molecule has 5 heteroatoms. The first kappa shape index (κ1) is 12.6. The summed E-state index contributed by atoms with van der Waals surface area (Å²) >= 11 is 1.51. The van der Waals surface area contributed by atoms with Crippen molar-refractivity contribution < 1.29 is 0 Å². The van der Waals surface area contributed by atoms with Crippen molar-refractivity contribution in [3.63, 3.8) is 0 Å². The molecule has 0 aliphatic heterocycles. The number of rotatable bonds is 3. The quantitative estimate of drug-likeness (QED) is 0.741. The molecule has 0 N–H and O–H groups in total. The average molecular weight is 281 g/mol. The normalized spacial score (nSPS) is 10.6. The number of nitriles is 1. The van der Waals surface area contributed by atoms with Crippen LogP contribution in [0.15, 0.2) is 47.5 Å². The summed E-state index contributed by atoms with van der Waals surface area (Å²) < 4.78 is 1.49. The van der Waals surface area contributed by atoms with E-state index >= 15 is 0 Å². The van der Waals surface area contributed by atoms with Crippen LogP contribution in [0.1, 0.15) is 6.42 Å². The van der Waals surface area contributed by atoms with Gasteiger partial charge in [0.15, 0.2) is 0 Å². The van der Waals surface area contributed by atoms with Crippen molar-refractivity contribution in [1.82, 2.24) is 9.55 Å². The van der Waals surface area contributed by atoms with Crippen molar-refractivity contribution in [3.05, 3.63) is 53.1 Å². The summed E-state index contributed by atoms with van der Waals surface area (Å²) in [5.74, 6) is 0.